The monoisotopic (exact) mass is 254 g/mol. The molecule has 2 heterocycles. The van der Waals surface area contributed by atoms with Gasteiger partial charge in [-0.2, -0.15) is 0 Å². The van der Waals surface area contributed by atoms with Gasteiger partial charge >= 0.3 is 0 Å². The first-order valence-corrected chi connectivity index (χ1v) is 7.24. The zero-order valence-electron chi connectivity index (χ0n) is 11.0. The molecular formula is C13H22N2OS. The average Bonchev–Trinajstić information content (AvgIpc) is 2.76. The second-order valence-electron chi connectivity index (χ2n) is 5.20. The van der Waals surface area contributed by atoms with Gasteiger partial charge in [0.2, 0.25) is 0 Å². The molecule has 1 fully saturated rings. The summed E-state index contributed by atoms with van der Waals surface area (Å²) in [5.74, 6) is 0. The van der Waals surface area contributed by atoms with Gasteiger partial charge in [0.25, 0.3) is 0 Å². The first kappa shape index (κ1) is 13.0. The first-order valence-electron chi connectivity index (χ1n) is 6.43. The van der Waals surface area contributed by atoms with E-state index < -0.39 is 0 Å². The summed E-state index contributed by atoms with van der Waals surface area (Å²) in [6.45, 7) is 8.27. The highest BCUT2D eigenvalue weighted by Crippen LogP contribution is 2.36. The number of nitrogens with zero attached hydrogens (tertiary/aromatic N) is 1. The van der Waals surface area contributed by atoms with Crippen LogP contribution in [0.1, 0.15) is 49.9 Å². The van der Waals surface area contributed by atoms with Crippen LogP contribution in [0.15, 0.2) is 6.20 Å². The molecule has 1 aliphatic rings. The van der Waals surface area contributed by atoms with Crippen LogP contribution in [0.4, 0.5) is 0 Å². The van der Waals surface area contributed by atoms with Crippen molar-refractivity contribution in [3.63, 3.8) is 0 Å². The summed E-state index contributed by atoms with van der Waals surface area (Å²) >= 11 is 1.78. The van der Waals surface area contributed by atoms with Crippen molar-refractivity contribution in [2.24, 2.45) is 0 Å². The Morgan fingerprint density at radius 3 is 3.00 bits per heavy atom. The highest BCUT2D eigenvalue weighted by atomic mass is 32.1. The van der Waals surface area contributed by atoms with Crippen molar-refractivity contribution < 1.29 is 4.74 Å². The van der Waals surface area contributed by atoms with Gasteiger partial charge in [-0.05, 0) is 26.2 Å². The predicted molar refractivity (Wildman–Crippen MR) is 71.2 cm³/mol. The maximum atomic E-state index is 5.92. The maximum absolute atomic E-state index is 5.92. The standard InChI is InChI=1S/C13H22N2OS/c1-10(2)14-8-11-9-15-12(17-11)13(3)6-4-5-7-16-13/h9-10,14H,4-8H2,1-3H3. The number of rotatable bonds is 4. The molecule has 0 aliphatic carbocycles. The smallest absolute Gasteiger partial charge is 0.125 e. The Balaban J connectivity index is 2.01. The number of nitrogens with one attached hydrogen (secondary N) is 1. The molecule has 1 N–H and O–H groups in total. The molecule has 2 rings (SSSR count). The minimum absolute atomic E-state index is 0.140. The lowest BCUT2D eigenvalue weighted by Gasteiger charge is -2.31. The van der Waals surface area contributed by atoms with Gasteiger partial charge in [-0.3, -0.25) is 0 Å². The molecule has 1 unspecified atom stereocenters. The second kappa shape index (κ2) is 5.46. The number of aromatic nitrogens is 1. The molecule has 1 aliphatic heterocycles. The van der Waals surface area contributed by atoms with Crippen LogP contribution in [0.25, 0.3) is 0 Å². The molecule has 0 radical (unpaired) electrons. The maximum Gasteiger partial charge on any atom is 0.125 e. The Hall–Kier alpha value is -0.450. The molecule has 0 aromatic carbocycles. The summed E-state index contributed by atoms with van der Waals surface area (Å²) in [4.78, 5) is 5.84. The van der Waals surface area contributed by atoms with Crippen LogP contribution in [0, 0.1) is 0 Å². The van der Waals surface area contributed by atoms with E-state index in [1.807, 2.05) is 6.20 Å². The zero-order chi connectivity index (χ0) is 12.3. The fourth-order valence-electron chi connectivity index (χ4n) is 2.04. The van der Waals surface area contributed by atoms with Crippen molar-refractivity contribution in [1.29, 1.82) is 0 Å². The zero-order valence-corrected chi connectivity index (χ0v) is 11.8. The Morgan fingerprint density at radius 1 is 1.53 bits per heavy atom. The lowest BCUT2D eigenvalue weighted by molar-refractivity contribution is -0.0702. The molecule has 1 saturated heterocycles. The van der Waals surface area contributed by atoms with Crippen LogP contribution in [0.2, 0.25) is 0 Å². The predicted octanol–water partition coefficient (Wildman–Crippen LogP) is 3.06. The van der Waals surface area contributed by atoms with Gasteiger partial charge in [0, 0.05) is 30.3 Å². The highest BCUT2D eigenvalue weighted by Gasteiger charge is 2.32. The van der Waals surface area contributed by atoms with E-state index in [1.165, 1.54) is 17.7 Å². The van der Waals surface area contributed by atoms with Crippen LogP contribution in [0.5, 0.6) is 0 Å². The van der Waals surface area contributed by atoms with E-state index in [9.17, 15) is 0 Å². The van der Waals surface area contributed by atoms with Gasteiger partial charge in [0.05, 0.1) is 0 Å². The Bertz CT molecular complexity index is 356. The van der Waals surface area contributed by atoms with Crippen molar-refractivity contribution >= 4 is 11.3 Å². The Morgan fingerprint density at radius 2 is 2.35 bits per heavy atom. The molecule has 1 atom stereocenters. The van der Waals surface area contributed by atoms with Crippen molar-refractivity contribution in [3.05, 3.63) is 16.1 Å². The molecule has 0 bridgehead atoms. The van der Waals surface area contributed by atoms with Gasteiger partial charge in [-0.15, -0.1) is 11.3 Å². The molecule has 1 aromatic heterocycles. The lowest BCUT2D eigenvalue weighted by Crippen LogP contribution is -2.29. The summed E-state index contributed by atoms with van der Waals surface area (Å²) in [6, 6.07) is 0.516. The number of hydrogen-bond donors (Lipinski definition) is 1. The minimum atomic E-state index is -0.140. The fraction of sp³-hybridized carbons (Fsp3) is 0.769. The SMILES string of the molecule is CC(C)NCc1cnc(C2(C)CCCCO2)s1. The molecule has 0 spiro atoms. The van der Waals surface area contributed by atoms with E-state index >= 15 is 0 Å². The summed E-state index contributed by atoms with van der Waals surface area (Å²) in [6.07, 6.45) is 5.51. The minimum Gasteiger partial charge on any atom is -0.368 e. The third-order valence-corrected chi connectivity index (χ3v) is 4.40. The van der Waals surface area contributed by atoms with Gasteiger partial charge in [0.15, 0.2) is 0 Å². The van der Waals surface area contributed by atoms with Gasteiger partial charge in [-0.25, -0.2) is 4.98 Å². The van der Waals surface area contributed by atoms with Gasteiger partial charge < -0.3 is 10.1 Å². The van der Waals surface area contributed by atoms with Crippen LogP contribution in [0.3, 0.4) is 0 Å². The third kappa shape index (κ3) is 3.27. The number of thiazole rings is 1. The van der Waals surface area contributed by atoms with Crippen molar-refractivity contribution in [3.8, 4) is 0 Å². The van der Waals surface area contributed by atoms with Crippen LogP contribution >= 0.6 is 11.3 Å². The van der Waals surface area contributed by atoms with Crippen molar-refractivity contribution in [2.75, 3.05) is 6.61 Å². The first-order chi connectivity index (χ1) is 8.10. The molecule has 0 saturated carbocycles. The van der Waals surface area contributed by atoms with Crippen LogP contribution < -0.4 is 5.32 Å². The lowest BCUT2D eigenvalue weighted by atomic mass is 9.97. The highest BCUT2D eigenvalue weighted by molar-refractivity contribution is 7.11. The van der Waals surface area contributed by atoms with E-state index in [-0.39, 0.29) is 5.60 Å². The molecule has 3 nitrogen and oxygen atoms in total. The topological polar surface area (TPSA) is 34.2 Å². The normalized spacial score (nSPS) is 25.4. The molecular weight excluding hydrogens is 232 g/mol. The number of hydrogen-bond acceptors (Lipinski definition) is 4. The van der Waals surface area contributed by atoms with E-state index in [0.717, 1.165) is 24.6 Å². The summed E-state index contributed by atoms with van der Waals surface area (Å²) in [5.41, 5.74) is -0.140. The van der Waals surface area contributed by atoms with Crippen LogP contribution in [-0.2, 0) is 16.9 Å². The van der Waals surface area contributed by atoms with E-state index in [4.69, 9.17) is 4.74 Å². The van der Waals surface area contributed by atoms with Gasteiger partial charge in [-0.1, -0.05) is 13.8 Å². The Kier molecular flexibility index (Phi) is 4.17. The third-order valence-electron chi connectivity index (χ3n) is 3.16. The van der Waals surface area contributed by atoms with Crippen molar-refractivity contribution in [2.45, 2.75) is 58.2 Å². The Labute approximate surface area is 108 Å². The van der Waals surface area contributed by atoms with E-state index in [2.05, 4.69) is 31.1 Å². The largest absolute Gasteiger partial charge is 0.368 e. The summed E-state index contributed by atoms with van der Waals surface area (Å²) < 4.78 is 5.92. The quantitative estimate of drug-likeness (QED) is 0.896. The molecule has 96 valence electrons. The summed E-state index contributed by atoms with van der Waals surface area (Å²) in [7, 11) is 0. The average molecular weight is 254 g/mol. The second-order valence-corrected chi connectivity index (χ2v) is 6.32. The summed E-state index contributed by atoms with van der Waals surface area (Å²) in [5, 5.41) is 4.56. The van der Waals surface area contributed by atoms with Crippen molar-refractivity contribution in [1.82, 2.24) is 10.3 Å². The fourth-order valence-corrected chi connectivity index (χ4v) is 3.03. The molecule has 4 heteroatoms. The number of ether oxygens (including phenoxy) is 1. The molecule has 0 amide bonds. The molecule has 1 aromatic rings. The van der Waals surface area contributed by atoms with Crippen LogP contribution in [-0.4, -0.2) is 17.6 Å². The van der Waals surface area contributed by atoms with Gasteiger partial charge in [0.1, 0.15) is 10.6 Å². The molecule has 17 heavy (non-hydrogen) atoms. The van der Waals surface area contributed by atoms with E-state index in [1.54, 1.807) is 11.3 Å². The van der Waals surface area contributed by atoms with E-state index in [0.29, 0.717) is 6.04 Å².